The number of furan rings is 1. The Kier molecular flexibility index (Phi) is 8.60. The van der Waals surface area contributed by atoms with Gasteiger partial charge in [0.15, 0.2) is 11.3 Å². The number of aryl methyl sites for hydroxylation is 1. The molecule has 9 heteroatoms. The van der Waals surface area contributed by atoms with E-state index in [9.17, 15) is 23.8 Å². The summed E-state index contributed by atoms with van der Waals surface area (Å²) < 4.78 is 38.3. The summed E-state index contributed by atoms with van der Waals surface area (Å²) in [5, 5.41) is 27.9. The van der Waals surface area contributed by atoms with Gasteiger partial charge in [-0.2, -0.15) is 0 Å². The number of phenolic OH excluding ortho intramolecular Hbond substituents is 1. The minimum atomic E-state index is -1.12. The van der Waals surface area contributed by atoms with Gasteiger partial charge >= 0.3 is 0 Å². The van der Waals surface area contributed by atoms with Crippen LogP contribution in [0.1, 0.15) is 34.0 Å². The Morgan fingerprint density at radius 3 is 2.50 bits per heavy atom. The fourth-order valence-electron chi connectivity index (χ4n) is 4.40. The topological polar surface area (TPSA) is 104 Å². The highest BCUT2D eigenvalue weighted by Gasteiger charge is 2.26. The maximum absolute atomic E-state index is 13.9. The highest BCUT2D eigenvalue weighted by molar-refractivity contribution is 6.04. The summed E-state index contributed by atoms with van der Waals surface area (Å²) in [6.45, 7) is 2.64. The summed E-state index contributed by atoms with van der Waals surface area (Å²) >= 11 is 0. The van der Waals surface area contributed by atoms with Crippen LogP contribution in [-0.2, 0) is 19.4 Å². The third-order valence-corrected chi connectivity index (χ3v) is 6.38. The van der Waals surface area contributed by atoms with E-state index in [1.807, 2.05) is 18.2 Å². The molecule has 0 unspecified atom stereocenters. The summed E-state index contributed by atoms with van der Waals surface area (Å²) in [5.74, 6) is -2.29. The van der Waals surface area contributed by atoms with E-state index in [0.29, 0.717) is 6.54 Å². The van der Waals surface area contributed by atoms with Gasteiger partial charge in [-0.05, 0) is 47.7 Å². The molecule has 0 aliphatic carbocycles. The molecule has 2 atom stereocenters. The number of carbonyl (C=O) groups is 1. The molecule has 4 aromatic rings. The second-order valence-electron chi connectivity index (χ2n) is 9.07. The molecule has 4 N–H and O–H groups in total. The van der Waals surface area contributed by atoms with Crippen molar-refractivity contribution in [3.63, 3.8) is 0 Å². The molecule has 1 heterocycles. The summed E-state index contributed by atoms with van der Waals surface area (Å²) in [7, 11) is 1.41. The molecule has 0 spiro atoms. The average molecular weight is 525 g/mol. The number of halogens is 2. The molecule has 0 saturated heterocycles. The first-order valence-electron chi connectivity index (χ1n) is 12.3. The van der Waals surface area contributed by atoms with Crippen LogP contribution in [0.3, 0.4) is 0 Å². The first-order valence-corrected chi connectivity index (χ1v) is 12.3. The molecular formula is C29H30F2N2O5. The predicted octanol–water partition coefficient (Wildman–Crippen LogP) is 4.48. The van der Waals surface area contributed by atoms with Gasteiger partial charge in [-0.1, -0.05) is 31.2 Å². The summed E-state index contributed by atoms with van der Waals surface area (Å²) in [5.41, 5.74) is 2.67. The van der Waals surface area contributed by atoms with Crippen molar-refractivity contribution in [1.82, 2.24) is 10.6 Å². The number of nitrogens with one attached hydrogen (secondary N) is 2. The molecule has 1 aromatic heterocycles. The predicted molar refractivity (Wildman–Crippen MR) is 139 cm³/mol. The van der Waals surface area contributed by atoms with Crippen LogP contribution in [0.4, 0.5) is 8.78 Å². The number of methoxy groups -OCH3 is 1. The number of carbonyl (C=O) groups excluding carboxylic acids is 1. The number of aromatic hydroxyl groups is 1. The largest absolute Gasteiger partial charge is 0.506 e. The number of aliphatic hydroxyl groups excluding tert-OH is 1. The zero-order chi connectivity index (χ0) is 27.2. The fraction of sp³-hybridized carbons (Fsp3) is 0.276. The smallest absolute Gasteiger partial charge is 0.255 e. The molecular weight excluding hydrogens is 494 g/mol. The van der Waals surface area contributed by atoms with Crippen molar-refractivity contribution in [2.45, 2.75) is 38.5 Å². The number of fused-ring (bicyclic) bond motifs is 1. The Morgan fingerprint density at radius 2 is 1.79 bits per heavy atom. The summed E-state index contributed by atoms with van der Waals surface area (Å²) in [6, 6.07) is 13.0. The molecule has 0 fully saturated rings. The SMILES string of the molecule is CCc1cccc(CNC[C@H](O)[C@H](Cc2cc(F)cc(F)c2)NC(=O)c2cc(OC)c3occc3c2O)c1. The number of hydrogen-bond donors (Lipinski definition) is 4. The number of phenols is 1. The standard InChI is InChI=1S/C29H30F2N2O5/c1-3-17-5-4-6-18(9-17)15-32-16-25(34)24(12-19-10-20(30)13-21(31)11-19)33-29(36)23-14-26(37-2)28-22(27(23)35)7-8-38-28/h4-11,13-14,24-25,32,34-35H,3,12,15-16H2,1-2H3,(H,33,36)/t24-,25-/m0/s1. The van der Waals surface area contributed by atoms with Crippen molar-refractivity contribution in [3.05, 3.63) is 94.7 Å². The van der Waals surface area contributed by atoms with Gasteiger partial charge in [-0.25, -0.2) is 8.78 Å². The molecule has 0 saturated carbocycles. The van der Waals surface area contributed by atoms with E-state index >= 15 is 0 Å². The molecule has 0 bridgehead atoms. The molecule has 38 heavy (non-hydrogen) atoms. The van der Waals surface area contributed by atoms with Crippen LogP contribution in [-0.4, -0.2) is 41.9 Å². The van der Waals surface area contributed by atoms with Crippen LogP contribution in [0.5, 0.6) is 11.5 Å². The molecule has 200 valence electrons. The molecule has 3 aromatic carbocycles. The molecule has 0 aliphatic heterocycles. The summed E-state index contributed by atoms with van der Waals surface area (Å²) in [6.07, 6.45) is 1.08. The second kappa shape index (κ2) is 12.1. The normalized spacial score (nSPS) is 12.9. The van der Waals surface area contributed by atoms with E-state index in [1.165, 1.54) is 31.1 Å². The third kappa shape index (κ3) is 6.30. The molecule has 4 rings (SSSR count). The van der Waals surface area contributed by atoms with Gasteiger partial charge in [0.2, 0.25) is 0 Å². The van der Waals surface area contributed by atoms with E-state index in [1.54, 1.807) is 0 Å². The Hall–Kier alpha value is -3.95. The van der Waals surface area contributed by atoms with E-state index < -0.39 is 29.7 Å². The van der Waals surface area contributed by atoms with Gasteiger partial charge in [0.05, 0.1) is 36.5 Å². The minimum Gasteiger partial charge on any atom is -0.506 e. The monoisotopic (exact) mass is 524 g/mol. The second-order valence-corrected chi connectivity index (χ2v) is 9.07. The number of ether oxygens (including phenoxy) is 1. The van der Waals surface area contributed by atoms with Crippen molar-refractivity contribution in [2.24, 2.45) is 0 Å². The van der Waals surface area contributed by atoms with Crippen molar-refractivity contribution >= 4 is 16.9 Å². The maximum atomic E-state index is 13.9. The van der Waals surface area contributed by atoms with Crippen LogP contribution < -0.4 is 15.4 Å². The Labute approximate surface area is 219 Å². The average Bonchev–Trinajstić information content (AvgIpc) is 3.39. The van der Waals surface area contributed by atoms with Crippen molar-refractivity contribution in [2.75, 3.05) is 13.7 Å². The van der Waals surface area contributed by atoms with Gasteiger partial charge in [0, 0.05) is 25.2 Å². The maximum Gasteiger partial charge on any atom is 0.255 e. The van der Waals surface area contributed by atoms with E-state index in [4.69, 9.17) is 9.15 Å². The van der Waals surface area contributed by atoms with Crippen LogP contribution in [0.15, 0.2) is 65.3 Å². The number of amides is 1. The van der Waals surface area contributed by atoms with Gasteiger partial charge in [0.1, 0.15) is 17.4 Å². The first-order chi connectivity index (χ1) is 18.3. The van der Waals surface area contributed by atoms with Crippen molar-refractivity contribution in [1.29, 1.82) is 0 Å². The first kappa shape index (κ1) is 27.1. The molecule has 7 nitrogen and oxygen atoms in total. The van der Waals surface area contributed by atoms with Gasteiger partial charge < -0.3 is 30.0 Å². The molecule has 0 radical (unpaired) electrons. The highest BCUT2D eigenvalue weighted by atomic mass is 19.1. The zero-order valence-corrected chi connectivity index (χ0v) is 21.1. The lowest BCUT2D eigenvalue weighted by atomic mass is 9.99. The van der Waals surface area contributed by atoms with Gasteiger partial charge in [-0.15, -0.1) is 0 Å². The van der Waals surface area contributed by atoms with Gasteiger partial charge in [0.25, 0.3) is 5.91 Å². The molecule has 1 amide bonds. The lowest BCUT2D eigenvalue weighted by Gasteiger charge is -2.25. The van der Waals surface area contributed by atoms with Crippen LogP contribution >= 0.6 is 0 Å². The van der Waals surface area contributed by atoms with Crippen LogP contribution in [0.2, 0.25) is 0 Å². The fourth-order valence-corrected chi connectivity index (χ4v) is 4.40. The number of hydrogen-bond acceptors (Lipinski definition) is 6. The van der Waals surface area contributed by atoms with E-state index in [2.05, 4.69) is 23.6 Å². The van der Waals surface area contributed by atoms with Crippen molar-refractivity contribution in [3.8, 4) is 11.5 Å². The Balaban J connectivity index is 1.54. The number of aliphatic hydroxyl groups is 1. The summed E-state index contributed by atoms with van der Waals surface area (Å²) in [4.78, 5) is 13.3. The van der Waals surface area contributed by atoms with Crippen molar-refractivity contribution < 1.29 is 32.9 Å². The Morgan fingerprint density at radius 1 is 1.05 bits per heavy atom. The van der Waals surface area contributed by atoms with E-state index in [-0.39, 0.29) is 46.6 Å². The quantitative estimate of drug-likeness (QED) is 0.231. The lowest BCUT2D eigenvalue weighted by molar-refractivity contribution is 0.0827. The zero-order valence-electron chi connectivity index (χ0n) is 21.1. The number of benzene rings is 3. The van der Waals surface area contributed by atoms with Crippen LogP contribution in [0, 0.1) is 11.6 Å². The number of rotatable bonds is 11. The van der Waals surface area contributed by atoms with E-state index in [0.717, 1.165) is 30.2 Å². The minimum absolute atomic E-state index is 0.0551. The Bertz CT molecular complexity index is 1400. The lowest BCUT2D eigenvalue weighted by Crippen LogP contribution is -2.48. The van der Waals surface area contributed by atoms with Gasteiger partial charge in [-0.3, -0.25) is 4.79 Å². The van der Waals surface area contributed by atoms with Crippen LogP contribution in [0.25, 0.3) is 11.0 Å². The third-order valence-electron chi connectivity index (χ3n) is 6.38. The molecule has 0 aliphatic rings. The highest BCUT2D eigenvalue weighted by Crippen LogP contribution is 2.36.